The fourth-order valence-corrected chi connectivity index (χ4v) is 2.37. The molecule has 2 rings (SSSR count). The van der Waals surface area contributed by atoms with Crippen molar-refractivity contribution in [2.45, 2.75) is 25.3 Å². The Morgan fingerprint density at radius 1 is 1.57 bits per heavy atom. The molecule has 1 aromatic carbocycles. The number of nitrogens with two attached hydrogens (primary N) is 1. The van der Waals surface area contributed by atoms with Gasteiger partial charge in [-0.2, -0.15) is 0 Å². The van der Waals surface area contributed by atoms with Gasteiger partial charge < -0.3 is 5.73 Å². The molecule has 72 valence electrons. The standard InChI is InChI=1S/C13H15N/c1-3-8-13(14)10(2)9-11-6-4-5-7-12(11)13/h1,4-7,10H,8-9,14H2,2H3. The van der Waals surface area contributed by atoms with Gasteiger partial charge >= 0.3 is 0 Å². The summed E-state index contributed by atoms with van der Waals surface area (Å²) in [4.78, 5) is 0. The second-order valence-electron chi connectivity index (χ2n) is 4.18. The van der Waals surface area contributed by atoms with Crippen LogP contribution in [0.2, 0.25) is 0 Å². The fraction of sp³-hybridized carbons (Fsp3) is 0.385. The molecule has 0 saturated heterocycles. The zero-order chi connectivity index (χ0) is 10.2. The van der Waals surface area contributed by atoms with Gasteiger partial charge in [-0.25, -0.2) is 0 Å². The molecule has 0 aliphatic heterocycles. The zero-order valence-electron chi connectivity index (χ0n) is 8.46. The Bertz CT molecular complexity index is 388. The third-order valence-corrected chi connectivity index (χ3v) is 3.32. The maximum absolute atomic E-state index is 6.38. The number of hydrogen-bond donors (Lipinski definition) is 1. The lowest BCUT2D eigenvalue weighted by atomic mass is 9.83. The molecule has 0 fully saturated rings. The minimum Gasteiger partial charge on any atom is -0.320 e. The topological polar surface area (TPSA) is 26.0 Å². The average Bonchev–Trinajstić information content (AvgIpc) is 2.41. The average molecular weight is 185 g/mol. The summed E-state index contributed by atoms with van der Waals surface area (Å²) in [7, 11) is 0. The van der Waals surface area contributed by atoms with Crippen LogP contribution in [-0.4, -0.2) is 0 Å². The molecule has 0 heterocycles. The van der Waals surface area contributed by atoms with Crippen LogP contribution < -0.4 is 5.73 Å². The van der Waals surface area contributed by atoms with Gasteiger partial charge in [0.25, 0.3) is 0 Å². The van der Waals surface area contributed by atoms with Crippen LogP contribution in [0, 0.1) is 18.3 Å². The summed E-state index contributed by atoms with van der Waals surface area (Å²) >= 11 is 0. The van der Waals surface area contributed by atoms with Crippen molar-refractivity contribution in [3.8, 4) is 12.3 Å². The van der Waals surface area contributed by atoms with Gasteiger partial charge in [-0.15, -0.1) is 12.3 Å². The smallest absolute Gasteiger partial charge is 0.0551 e. The van der Waals surface area contributed by atoms with Crippen molar-refractivity contribution in [2.24, 2.45) is 11.7 Å². The van der Waals surface area contributed by atoms with Gasteiger partial charge in [-0.1, -0.05) is 31.2 Å². The van der Waals surface area contributed by atoms with Gasteiger partial charge in [0.15, 0.2) is 0 Å². The number of terminal acetylenes is 1. The van der Waals surface area contributed by atoms with Crippen molar-refractivity contribution in [3.63, 3.8) is 0 Å². The molecule has 0 spiro atoms. The lowest BCUT2D eigenvalue weighted by Gasteiger charge is -2.28. The van der Waals surface area contributed by atoms with E-state index in [1.807, 2.05) is 6.07 Å². The number of fused-ring (bicyclic) bond motifs is 1. The monoisotopic (exact) mass is 185 g/mol. The molecule has 0 radical (unpaired) electrons. The molecule has 0 aromatic heterocycles. The molecule has 1 aliphatic carbocycles. The molecule has 1 aromatic rings. The molecule has 2 N–H and O–H groups in total. The predicted octanol–water partition coefficient (Wildman–Crippen LogP) is 2.06. The van der Waals surface area contributed by atoms with Gasteiger partial charge in [-0.3, -0.25) is 0 Å². The van der Waals surface area contributed by atoms with Gasteiger partial charge in [0, 0.05) is 6.42 Å². The first kappa shape index (κ1) is 9.30. The van der Waals surface area contributed by atoms with Crippen molar-refractivity contribution in [1.29, 1.82) is 0 Å². The molecular formula is C13H15N. The maximum Gasteiger partial charge on any atom is 0.0551 e. The van der Waals surface area contributed by atoms with Crippen LogP contribution in [0.25, 0.3) is 0 Å². The Kier molecular flexibility index (Phi) is 2.09. The third kappa shape index (κ3) is 1.15. The highest BCUT2D eigenvalue weighted by Gasteiger charge is 2.40. The molecule has 1 aliphatic rings. The van der Waals surface area contributed by atoms with Crippen molar-refractivity contribution in [1.82, 2.24) is 0 Å². The Labute approximate surface area is 85.3 Å². The predicted molar refractivity (Wildman–Crippen MR) is 58.6 cm³/mol. The molecule has 2 atom stereocenters. The lowest BCUT2D eigenvalue weighted by molar-refractivity contribution is 0.332. The summed E-state index contributed by atoms with van der Waals surface area (Å²) < 4.78 is 0. The van der Waals surface area contributed by atoms with E-state index in [4.69, 9.17) is 12.2 Å². The SMILES string of the molecule is C#CCC1(N)c2ccccc2CC1C. The summed E-state index contributed by atoms with van der Waals surface area (Å²) in [5, 5.41) is 0. The number of hydrogen-bond acceptors (Lipinski definition) is 1. The summed E-state index contributed by atoms with van der Waals surface area (Å²) in [5.41, 5.74) is 8.68. The Balaban J connectivity index is 2.50. The molecule has 14 heavy (non-hydrogen) atoms. The second kappa shape index (κ2) is 3.15. The van der Waals surface area contributed by atoms with Crippen LogP contribution in [0.5, 0.6) is 0 Å². The van der Waals surface area contributed by atoms with Crippen LogP contribution in [0.3, 0.4) is 0 Å². The Morgan fingerprint density at radius 2 is 2.29 bits per heavy atom. The fourth-order valence-electron chi connectivity index (χ4n) is 2.37. The van der Waals surface area contributed by atoms with Gasteiger partial charge in [0.2, 0.25) is 0 Å². The van der Waals surface area contributed by atoms with E-state index >= 15 is 0 Å². The summed E-state index contributed by atoms with van der Waals surface area (Å²) in [6.45, 7) is 2.18. The van der Waals surface area contributed by atoms with Gasteiger partial charge in [-0.05, 0) is 23.5 Å². The first-order valence-electron chi connectivity index (χ1n) is 4.99. The van der Waals surface area contributed by atoms with Crippen LogP contribution in [0.15, 0.2) is 24.3 Å². The van der Waals surface area contributed by atoms with Crippen LogP contribution in [-0.2, 0) is 12.0 Å². The van der Waals surface area contributed by atoms with E-state index in [0.717, 1.165) is 6.42 Å². The molecule has 2 unspecified atom stereocenters. The summed E-state index contributed by atoms with van der Waals surface area (Å²) in [6.07, 6.45) is 7.06. The lowest BCUT2D eigenvalue weighted by Crippen LogP contribution is -2.39. The van der Waals surface area contributed by atoms with E-state index in [1.54, 1.807) is 0 Å². The minimum atomic E-state index is -0.300. The quantitative estimate of drug-likeness (QED) is 0.666. The number of rotatable bonds is 1. The minimum absolute atomic E-state index is 0.300. The zero-order valence-corrected chi connectivity index (χ0v) is 8.46. The Morgan fingerprint density at radius 3 is 3.00 bits per heavy atom. The second-order valence-corrected chi connectivity index (χ2v) is 4.18. The number of benzene rings is 1. The van der Waals surface area contributed by atoms with Crippen molar-refractivity contribution < 1.29 is 0 Å². The van der Waals surface area contributed by atoms with E-state index in [2.05, 4.69) is 31.0 Å². The van der Waals surface area contributed by atoms with Gasteiger partial charge in [0.05, 0.1) is 5.54 Å². The molecule has 0 saturated carbocycles. The first-order chi connectivity index (χ1) is 6.68. The van der Waals surface area contributed by atoms with Crippen LogP contribution in [0.1, 0.15) is 24.5 Å². The summed E-state index contributed by atoms with van der Waals surface area (Å²) in [6, 6.07) is 8.36. The molecule has 0 bridgehead atoms. The molecule has 1 heteroatoms. The van der Waals surface area contributed by atoms with E-state index in [9.17, 15) is 0 Å². The van der Waals surface area contributed by atoms with Crippen LogP contribution >= 0.6 is 0 Å². The normalized spacial score (nSPS) is 29.6. The van der Waals surface area contributed by atoms with E-state index < -0.39 is 0 Å². The largest absolute Gasteiger partial charge is 0.320 e. The highest BCUT2D eigenvalue weighted by molar-refractivity contribution is 5.40. The summed E-state index contributed by atoms with van der Waals surface area (Å²) in [5.74, 6) is 3.14. The van der Waals surface area contributed by atoms with E-state index in [0.29, 0.717) is 12.3 Å². The maximum atomic E-state index is 6.38. The van der Waals surface area contributed by atoms with Crippen molar-refractivity contribution in [3.05, 3.63) is 35.4 Å². The Hall–Kier alpha value is -1.26. The van der Waals surface area contributed by atoms with E-state index in [1.165, 1.54) is 11.1 Å². The third-order valence-electron chi connectivity index (χ3n) is 3.32. The highest BCUT2D eigenvalue weighted by Crippen LogP contribution is 2.41. The van der Waals surface area contributed by atoms with Gasteiger partial charge in [0.1, 0.15) is 0 Å². The highest BCUT2D eigenvalue weighted by atomic mass is 14.8. The van der Waals surface area contributed by atoms with Crippen molar-refractivity contribution in [2.75, 3.05) is 0 Å². The molecule has 1 nitrogen and oxygen atoms in total. The van der Waals surface area contributed by atoms with Crippen LogP contribution in [0.4, 0.5) is 0 Å². The first-order valence-corrected chi connectivity index (χ1v) is 4.99. The molecule has 0 amide bonds. The molecular weight excluding hydrogens is 170 g/mol. The van der Waals surface area contributed by atoms with E-state index in [-0.39, 0.29) is 5.54 Å². The van der Waals surface area contributed by atoms with Crippen molar-refractivity contribution >= 4 is 0 Å².